The SMILES string of the molecule is C=C/C=C(C#N)\C=C(/C)CN(C=C(C)C)N=C. The van der Waals surface area contributed by atoms with Crippen molar-refractivity contribution in [3.63, 3.8) is 0 Å². The van der Waals surface area contributed by atoms with Crippen molar-refractivity contribution >= 4 is 6.72 Å². The summed E-state index contributed by atoms with van der Waals surface area (Å²) < 4.78 is 0. The molecule has 0 amide bonds. The molecule has 0 saturated carbocycles. The molecule has 0 spiro atoms. The second-order valence-electron chi connectivity index (χ2n) is 3.91. The average molecular weight is 229 g/mol. The molecule has 0 fully saturated rings. The Morgan fingerprint density at radius 3 is 2.47 bits per heavy atom. The minimum absolute atomic E-state index is 0.582. The number of nitriles is 1. The molecule has 0 aliphatic carbocycles. The van der Waals surface area contributed by atoms with Gasteiger partial charge in [0.25, 0.3) is 0 Å². The second kappa shape index (κ2) is 8.12. The van der Waals surface area contributed by atoms with Crippen LogP contribution in [0.3, 0.4) is 0 Å². The van der Waals surface area contributed by atoms with Crippen LogP contribution in [-0.4, -0.2) is 18.3 Å². The zero-order chi connectivity index (χ0) is 13.3. The van der Waals surface area contributed by atoms with Crippen LogP contribution in [0.15, 0.2) is 52.8 Å². The Labute approximate surface area is 104 Å². The van der Waals surface area contributed by atoms with Gasteiger partial charge in [0.05, 0.1) is 18.2 Å². The Balaban J connectivity index is 4.78. The summed E-state index contributed by atoms with van der Waals surface area (Å²) in [5.41, 5.74) is 2.76. The van der Waals surface area contributed by atoms with Gasteiger partial charge in [-0.05, 0) is 32.9 Å². The van der Waals surface area contributed by atoms with Crippen LogP contribution in [0.2, 0.25) is 0 Å². The molecule has 3 nitrogen and oxygen atoms in total. The highest BCUT2D eigenvalue weighted by Gasteiger charge is 1.99. The summed E-state index contributed by atoms with van der Waals surface area (Å²) in [6.07, 6.45) is 7.00. The second-order valence-corrected chi connectivity index (χ2v) is 3.91. The fraction of sp³-hybridized carbons (Fsp3) is 0.286. The zero-order valence-electron chi connectivity index (χ0n) is 10.8. The molecule has 0 rings (SSSR count). The van der Waals surface area contributed by atoms with E-state index in [1.54, 1.807) is 17.2 Å². The molecular formula is C14H19N3. The van der Waals surface area contributed by atoms with Crippen molar-refractivity contribution in [2.24, 2.45) is 5.10 Å². The van der Waals surface area contributed by atoms with Gasteiger partial charge in [-0.1, -0.05) is 23.8 Å². The Morgan fingerprint density at radius 1 is 1.41 bits per heavy atom. The normalized spacial score (nSPS) is 11.4. The molecule has 3 heteroatoms. The number of hydrogen-bond donors (Lipinski definition) is 0. The van der Waals surface area contributed by atoms with Gasteiger partial charge >= 0.3 is 0 Å². The molecular weight excluding hydrogens is 210 g/mol. The van der Waals surface area contributed by atoms with Crippen molar-refractivity contribution in [3.8, 4) is 6.07 Å². The predicted octanol–water partition coefficient (Wildman–Crippen LogP) is 3.41. The average Bonchev–Trinajstić information content (AvgIpc) is 2.26. The van der Waals surface area contributed by atoms with E-state index in [0.29, 0.717) is 12.1 Å². The largest absolute Gasteiger partial charge is 0.269 e. The smallest absolute Gasteiger partial charge is 0.0991 e. The van der Waals surface area contributed by atoms with Gasteiger partial charge in [-0.2, -0.15) is 10.4 Å². The van der Waals surface area contributed by atoms with Crippen molar-refractivity contribution in [1.29, 1.82) is 5.26 Å². The third-order valence-electron chi connectivity index (χ3n) is 1.83. The third kappa shape index (κ3) is 6.91. The van der Waals surface area contributed by atoms with Crippen LogP contribution >= 0.6 is 0 Å². The summed E-state index contributed by atoms with van der Waals surface area (Å²) in [5, 5.41) is 14.5. The maximum Gasteiger partial charge on any atom is 0.0991 e. The van der Waals surface area contributed by atoms with Crippen molar-refractivity contribution in [1.82, 2.24) is 5.01 Å². The molecule has 0 aromatic heterocycles. The van der Waals surface area contributed by atoms with Crippen LogP contribution in [0.5, 0.6) is 0 Å². The summed E-state index contributed by atoms with van der Waals surface area (Å²) in [5.74, 6) is 0. The van der Waals surface area contributed by atoms with Gasteiger partial charge in [0.1, 0.15) is 0 Å². The van der Waals surface area contributed by atoms with E-state index in [-0.39, 0.29) is 0 Å². The number of hydrogen-bond acceptors (Lipinski definition) is 3. The Kier molecular flexibility index (Phi) is 7.12. The lowest BCUT2D eigenvalue weighted by atomic mass is 10.1. The zero-order valence-corrected chi connectivity index (χ0v) is 10.8. The molecule has 0 unspecified atom stereocenters. The molecule has 0 bridgehead atoms. The number of allylic oxidation sites excluding steroid dienone is 5. The molecule has 0 aromatic rings. The van der Waals surface area contributed by atoms with Crippen molar-refractivity contribution in [2.75, 3.05) is 6.54 Å². The Bertz CT molecular complexity index is 402. The number of nitrogens with zero attached hydrogens (tertiary/aromatic N) is 3. The first-order valence-electron chi connectivity index (χ1n) is 5.31. The van der Waals surface area contributed by atoms with Gasteiger partial charge in [0.15, 0.2) is 0 Å². The highest BCUT2D eigenvalue weighted by atomic mass is 15.4. The third-order valence-corrected chi connectivity index (χ3v) is 1.83. The molecule has 0 aromatic carbocycles. The van der Waals surface area contributed by atoms with Gasteiger partial charge in [0, 0.05) is 12.9 Å². The Hall–Kier alpha value is -2.08. The Morgan fingerprint density at radius 2 is 2.06 bits per heavy atom. The topological polar surface area (TPSA) is 39.4 Å². The minimum atomic E-state index is 0.582. The molecule has 0 heterocycles. The van der Waals surface area contributed by atoms with Crippen molar-refractivity contribution < 1.29 is 0 Å². The first kappa shape index (κ1) is 14.9. The van der Waals surface area contributed by atoms with E-state index >= 15 is 0 Å². The monoisotopic (exact) mass is 229 g/mol. The first-order valence-corrected chi connectivity index (χ1v) is 5.31. The van der Waals surface area contributed by atoms with E-state index in [1.807, 2.05) is 33.0 Å². The fourth-order valence-electron chi connectivity index (χ4n) is 1.25. The lowest BCUT2D eigenvalue weighted by Crippen LogP contribution is -2.12. The fourth-order valence-corrected chi connectivity index (χ4v) is 1.25. The minimum Gasteiger partial charge on any atom is -0.269 e. The van der Waals surface area contributed by atoms with Crippen LogP contribution in [0.1, 0.15) is 20.8 Å². The summed E-state index contributed by atoms with van der Waals surface area (Å²) >= 11 is 0. The molecule has 0 aliphatic heterocycles. The van der Waals surface area contributed by atoms with Gasteiger partial charge in [0.2, 0.25) is 0 Å². The summed E-state index contributed by atoms with van der Waals surface area (Å²) in [6.45, 7) is 13.6. The van der Waals surface area contributed by atoms with Crippen LogP contribution in [-0.2, 0) is 0 Å². The number of hydrazone groups is 1. The lowest BCUT2D eigenvalue weighted by Gasteiger charge is -2.14. The van der Waals surface area contributed by atoms with E-state index in [0.717, 1.165) is 11.1 Å². The van der Waals surface area contributed by atoms with E-state index in [4.69, 9.17) is 5.26 Å². The van der Waals surface area contributed by atoms with Crippen LogP contribution in [0.4, 0.5) is 0 Å². The molecule has 17 heavy (non-hydrogen) atoms. The van der Waals surface area contributed by atoms with Gasteiger partial charge in [-0.3, -0.25) is 5.01 Å². The molecule has 90 valence electrons. The number of rotatable bonds is 6. The molecule has 0 saturated heterocycles. The lowest BCUT2D eigenvalue weighted by molar-refractivity contribution is 0.433. The quantitative estimate of drug-likeness (QED) is 0.303. The van der Waals surface area contributed by atoms with Crippen LogP contribution in [0, 0.1) is 11.3 Å². The summed E-state index contributed by atoms with van der Waals surface area (Å²) in [6, 6.07) is 2.10. The molecule has 0 N–H and O–H groups in total. The molecule has 0 radical (unpaired) electrons. The predicted molar refractivity (Wildman–Crippen MR) is 73.3 cm³/mol. The van der Waals surface area contributed by atoms with Crippen molar-refractivity contribution in [2.45, 2.75) is 20.8 Å². The molecule has 0 aliphatic rings. The molecule has 0 atom stereocenters. The maximum atomic E-state index is 8.87. The highest BCUT2D eigenvalue weighted by molar-refractivity contribution is 5.37. The van der Waals surface area contributed by atoms with Gasteiger partial charge in [-0.15, -0.1) is 0 Å². The summed E-state index contributed by atoms with van der Waals surface area (Å²) in [4.78, 5) is 0. The van der Waals surface area contributed by atoms with E-state index in [1.165, 1.54) is 0 Å². The first-order chi connectivity index (χ1) is 8.03. The maximum absolute atomic E-state index is 8.87. The highest BCUT2D eigenvalue weighted by Crippen LogP contribution is 2.06. The van der Waals surface area contributed by atoms with Crippen LogP contribution < -0.4 is 0 Å². The van der Waals surface area contributed by atoms with Gasteiger partial charge < -0.3 is 0 Å². The van der Waals surface area contributed by atoms with Crippen LogP contribution in [0.25, 0.3) is 0 Å². The standard InChI is InChI=1S/C14H19N3/c1-6-7-14(9-15)8-13(4)11-17(16-5)10-12(2)3/h6-8,10H,1,5,11H2,2-4H3/b13-8+,14-7+. The van der Waals surface area contributed by atoms with E-state index in [9.17, 15) is 0 Å². The van der Waals surface area contributed by atoms with Crippen molar-refractivity contribution in [3.05, 3.63) is 47.7 Å². The van der Waals surface area contributed by atoms with E-state index in [2.05, 4.69) is 24.5 Å². The van der Waals surface area contributed by atoms with Gasteiger partial charge in [-0.25, -0.2) is 0 Å². The summed E-state index contributed by atoms with van der Waals surface area (Å²) in [7, 11) is 0. The van der Waals surface area contributed by atoms with E-state index < -0.39 is 0 Å².